The van der Waals surface area contributed by atoms with Gasteiger partial charge < -0.3 is 20.1 Å². The zero-order valence-corrected chi connectivity index (χ0v) is 18.2. The van der Waals surface area contributed by atoms with Crippen molar-refractivity contribution in [3.8, 4) is 11.5 Å². The molecular formula is C26H30N2O4. The first kappa shape index (κ1) is 23.1. The third-order valence-corrected chi connectivity index (χ3v) is 5.37. The fourth-order valence-electron chi connectivity index (χ4n) is 3.70. The number of nitrogens with one attached hydrogen (secondary N) is 2. The van der Waals surface area contributed by atoms with Gasteiger partial charge in [-0.25, -0.2) is 0 Å². The van der Waals surface area contributed by atoms with Crippen molar-refractivity contribution in [1.82, 2.24) is 10.6 Å². The molecule has 0 radical (unpaired) electrons. The lowest BCUT2D eigenvalue weighted by molar-refractivity contribution is 0.0862. The van der Waals surface area contributed by atoms with Gasteiger partial charge in [0.1, 0.15) is 24.7 Å². The number of ether oxygens (including phenoxy) is 2. The Labute approximate surface area is 189 Å². The van der Waals surface area contributed by atoms with Gasteiger partial charge in [-0.05, 0) is 61.4 Å². The zero-order chi connectivity index (χ0) is 22.8. The molecule has 32 heavy (non-hydrogen) atoms. The Morgan fingerprint density at radius 2 is 1.12 bits per heavy atom. The van der Waals surface area contributed by atoms with E-state index >= 15 is 0 Å². The van der Waals surface area contributed by atoms with E-state index in [0.29, 0.717) is 35.8 Å². The molecule has 3 rings (SSSR count). The van der Waals surface area contributed by atoms with Gasteiger partial charge in [-0.2, -0.15) is 0 Å². The van der Waals surface area contributed by atoms with Crippen LogP contribution < -0.4 is 20.1 Å². The standard InChI is InChI=1S/C26H30N2O4/c1-3-17-31-21-13-9-19(10-14-21)25(29)27-23-7-5-6-8-24(23)28-26(30)20-11-15-22(16-12-20)32-18-4-2/h3-4,9-16,23-24H,1-2,5-8,17-18H2,(H,27,29)(H,28,30)/t23-,24-/m1/s1. The second-order valence-electron chi connectivity index (χ2n) is 7.69. The molecule has 2 amide bonds. The number of hydrogen-bond acceptors (Lipinski definition) is 4. The minimum Gasteiger partial charge on any atom is -0.490 e. The summed E-state index contributed by atoms with van der Waals surface area (Å²) in [6, 6.07) is 13.8. The maximum Gasteiger partial charge on any atom is 0.251 e. The zero-order valence-electron chi connectivity index (χ0n) is 18.2. The molecule has 1 fully saturated rings. The number of hydrogen-bond donors (Lipinski definition) is 2. The van der Waals surface area contributed by atoms with E-state index in [1.165, 1.54) is 0 Å². The Bertz CT molecular complexity index is 844. The van der Waals surface area contributed by atoms with Crippen LogP contribution in [0.2, 0.25) is 0 Å². The first-order valence-corrected chi connectivity index (χ1v) is 10.9. The van der Waals surface area contributed by atoms with E-state index in [1.807, 2.05) is 0 Å². The Morgan fingerprint density at radius 3 is 1.47 bits per heavy atom. The van der Waals surface area contributed by atoms with Crippen LogP contribution in [0.15, 0.2) is 73.8 Å². The van der Waals surface area contributed by atoms with Crippen LogP contribution in [0.3, 0.4) is 0 Å². The predicted molar refractivity (Wildman–Crippen MR) is 125 cm³/mol. The highest BCUT2D eigenvalue weighted by Gasteiger charge is 2.28. The number of carbonyl (C=O) groups excluding carboxylic acids is 2. The van der Waals surface area contributed by atoms with Gasteiger partial charge in [-0.1, -0.05) is 38.2 Å². The van der Waals surface area contributed by atoms with Gasteiger partial charge >= 0.3 is 0 Å². The first-order valence-electron chi connectivity index (χ1n) is 10.9. The van der Waals surface area contributed by atoms with Crippen molar-refractivity contribution in [3.63, 3.8) is 0 Å². The van der Waals surface area contributed by atoms with E-state index in [4.69, 9.17) is 9.47 Å². The molecule has 1 aliphatic carbocycles. The summed E-state index contributed by atoms with van der Waals surface area (Å²) >= 11 is 0. The van der Waals surface area contributed by atoms with Crippen LogP contribution in [-0.4, -0.2) is 37.1 Å². The average Bonchev–Trinajstić information content (AvgIpc) is 2.83. The molecule has 168 valence electrons. The average molecular weight is 435 g/mol. The summed E-state index contributed by atoms with van der Waals surface area (Å²) in [5.41, 5.74) is 1.11. The number of amides is 2. The SMILES string of the molecule is C=CCOc1ccc(C(=O)N[C@@H]2CCCC[C@H]2NC(=O)c2ccc(OCC=C)cc2)cc1. The quantitative estimate of drug-likeness (QED) is 0.547. The van der Waals surface area contributed by atoms with Crippen LogP contribution in [0.1, 0.15) is 46.4 Å². The van der Waals surface area contributed by atoms with Crippen molar-refractivity contribution in [2.75, 3.05) is 13.2 Å². The highest BCUT2D eigenvalue weighted by molar-refractivity contribution is 5.95. The smallest absolute Gasteiger partial charge is 0.251 e. The molecule has 0 unspecified atom stereocenters. The Hall–Kier alpha value is -3.54. The summed E-state index contributed by atoms with van der Waals surface area (Å²) < 4.78 is 10.9. The van der Waals surface area contributed by atoms with Crippen molar-refractivity contribution < 1.29 is 19.1 Å². The van der Waals surface area contributed by atoms with Crippen LogP contribution in [0, 0.1) is 0 Å². The molecule has 1 saturated carbocycles. The van der Waals surface area contributed by atoms with Gasteiger partial charge in [0.2, 0.25) is 0 Å². The second kappa shape index (κ2) is 11.7. The molecule has 2 N–H and O–H groups in total. The predicted octanol–water partition coefficient (Wildman–Crippen LogP) is 4.29. The van der Waals surface area contributed by atoms with Gasteiger partial charge in [-0.15, -0.1) is 0 Å². The molecule has 0 heterocycles. The van der Waals surface area contributed by atoms with Crippen LogP contribution in [0.25, 0.3) is 0 Å². The maximum absolute atomic E-state index is 12.8. The van der Waals surface area contributed by atoms with Crippen LogP contribution in [0.5, 0.6) is 11.5 Å². The minimum absolute atomic E-state index is 0.118. The molecule has 0 spiro atoms. The van der Waals surface area contributed by atoms with Crippen molar-refractivity contribution in [3.05, 3.63) is 85.0 Å². The molecule has 6 nitrogen and oxygen atoms in total. The van der Waals surface area contributed by atoms with Crippen molar-refractivity contribution in [2.45, 2.75) is 37.8 Å². The lowest BCUT2D eigenvalue weighted by Gasteiger charge is -2.33. The van der Waals surface area contributed by atoms with E-state index in [2.05, 4.69) is 23.8 Å². The monoisotopic (exact) mass is 434 g/mol. The van der Waals surface area contributed by atoms with E-state index in [-0.39, 0.29) is 23.9 Å². The van der Waals surface area contributed by atoms with E-state index < -0.39 is 0 Å². The second-order valence-corrected chi connectivity index (χ2v) is 7.69. The number of rotatable bonds is 10. The molecule has 6 heteroatoms. The molecule has 0 saturated heterocycles. The maximum atomic E-state index is 12.8. The normalized spacial score (nSPS) is 17.6. The highest BCUT2D eigenvalue weighted by atomic mass is 16.5. The van der Waals surface area contributed by atoms with Crippen molar-refractivity contribution in [2.24, 2.45) is 0 Å². The fourth-order valence-corrected chi connectivity index (χ4v) is 3.70. The summed E-state index contributed by atoms with van der Waals surface area (Å²) in [5.74, 6) is 1.06. The lowest BCUT2D eigenvalue weighted by Crippen LogP contribution is -2.53. The summed E-state index contributed by atoms with van der Waals surface area (Å²) in [5, 5.41) is 6.19. The Morgan fingerprint density at radius 1 is 0.750 bits per heavy atom. The fraction of sp³-hybridized carbons (Fsp3) is 0.308. The van der Waals surface area contributed by atoms with Crippen LogP contribution >= 0.6 is 0 Å². The molecule has 0 aromatic heterocycles. The van der Waals surface area contributed by atoms with Gasteiger partial charge in [-0.3, -0.25) is 9.59 Å². The highest BCUT2D eigenvalue weighted by Crippen LogP contribution is 2.21. The summed E-state index contributed by atoms with van der Waals surface area (Å²) in [7, 11) is 0. The lowest BCUT2D eigenvalue weighted by atomic mass is 9.89. The third kappa shape index (κ3) is 6.48. The molecule has 0 bridgehead atoms. The summed E-state index contributed by atoms with van der Waals surface area (Å²) in [4.78, 5) is 25.5. The molecule has 2 aromatic rings. The molecular weight excluding hydrogens is 404 g/mol. The van der Waals surface area contributed by atoms with Crippen LogP contribution in [-0.2, 0) is 0 Å². The first-order chi connectivity index (χ1) is 15.6. The minimum atomic E-state index is -0.157. The molecule has 0 aliphatic heterocycles. The van der Waals surface area contributed by atoms with Crippen molar-refractivity contribution >= 4 is 11.8 Å². The summed E-state index contributed by atoms with van der Waals surface area (Å²) in [6.07, 6.45) is 7.02. The van der Waals surface area contributed by atoms with Crippen LogP contribution in [0.4, 0.5) is 0 Å². The largest absolute Gasteiger partial charge is 0.490 e. The molecule has 2 aromatic carbocycles. The van der Waals surface area contributed by atoms with Gasteiger partial charge in [0.25, 0.3) is 11.8 Å². The topological polar surface area (TPSA) is 76.7 Å². The van der Waals surface area contributed by atoms with Gasteiger partial charge in [0.15, 0.2) is 0 Å². The number of benzene rings is 2. The third-order valence-electron chi connectivity index (χ3n) is 5.37. The van der Waals surface area contributed by atoms with Gasteiger partial charge in [0, 0.05) is 23.2 Å². The van der Waals surface area contributed by atoms with E-state index in [9.17, 15) is 9.59 Å². The number of carbonyl (C=O) groups is 2. The molecule has 2 atom stereocenters. The summed E-state index contributed by atoms with van der Waals surface area (Å²) in [6.45, 7) is 8.07. The van der Waals surface area contributed by atoms with Gasteiger partial charge in [0.05, 0.1) is 0 Å². The molecule has 1 aliphatic rings. The van der Waals surface area contributed by atoms with E-state index in [0.717, 1.165) is 25.7 Å². The van der Waals surface area contributed by atoms with Crippen molar-refractivity contribution in [1.29, 1.82) is 0 Å². The van der Waals surface area contributed by atoms with E-state index in [1.54, 1.807) is 60.7 Å². The Balaban J connectivity index is 1.59. The Kier molecular flexibility index (Phi) is 8.49.